The van der Waals surface area contributed by atoms with E-state index in [0.717, 1.165) is 0 Å². The van der Waals surface area contributed by atoms with Gasteiger partial charge in [-0.3, -0.25) is 9.59 Å². The van der Waals surface area contributed by atoms with Crippen molar-refractivity contribution in [3.05, 3.63) is 0 Å². The first kappa shape index (κ1) is 17.9. The predicted octanol–water partition coefficient (Wildman–Crippen LogP) is -0.0409. The lowest BCUT2D eigenvalue weighted by Crippen LogP contribution is -2.53. The number of piperidine rings is 1. The van der Waals surface area contributed by atoms with E-state index < -0.39 is 21.7 Å². The Morgan fingerprint density at radius 2 is 1.86 bits per heavy atom. The normalized spacial score (nSPS) is 18.4. The van der Waals surface area contributed by atoms with Crippen molar-refractivity contribution >= 4 is 22.1 Å². The molecule has 0 aromatic rings. The molecule has 9 heteroatoms. The van der Waals surface area contributed by atoms with E-state index in [1.54, 1.807) is 0 Å². The third-order valence-corrected chi connectivity index (χ3v) is 5.18. The highest BCUT2D eigenvalue weighted by atomic mass is 32.2. The summed E-state index contributed by atoms with van der Waals surface area (Å²) in [6, 6.07) is 0. The van der Waals surface area contributed by atoms with E-state index in [0.29, 0.717) is 12.8 Å². The lowest BCUT2D eigenvalue weighted by molar-refractivity contribution is -0.146. The summed E-state index contributed by atoms with van der Waals surface area (Å²) in [5.41, 5.74) is -1.08. The number of aliphatic carboxylic acids is 1. The smallest absolute Gasteiger partial charge is 0.308 e. The fourth-order valence-corrected chi connectivity index (χ4v) is 3.92. The molecular weight excluding hydrogens is 300 g/mol. The molecule has 0 spiro atoms. The molecule has 1 heterocycles. The average molecular weight is 322 g/mol. The number of hydrogen-bond donors (Lipinski definition) is 2. The molecule has 1 aliphatic heterocycles. The molecule has 8 nitrogen and oxygen atoms in total. The number of carboxylic acid groups (broad SMARTS) is 1. The summed E-state index contributed by atoms with van der Waals surface area (Å²) in [7, 11) is -2.47. The van der Waals surface area contributed by atoms with Crippen LogP contribution in [0.1, 0.15) is 33.1 Å². The second-order valence-electron chi connectivity index (χ2n) is 5.76. The molecule has 0 amide bonds. The van der Waals surface area contributed by atoms with Crippen molar-refractivity contribution in [1.82, 2.24) is 9.03 Å². The van der Waals surface area contributed by atoms with Crippen LogP contribution in [-0.2, 0) is 24.5 Å². The molecule has 122 valence electrons. The van der Waals surface area contributed by atoms with E-state index in [9.17, 15) is 18.0 Å². The number of nitrogens with one attached hydrogen (secondary N) is 1. The molecular formula is C12H22N2O6S. The molecule has 0 atom stereocenters. The molecule has 0 aliphatic carbocycles. The Labute approximate surface area is 124 Å². The Morgan fingerprint density at radius 3 is 2.29 bits per heavy atom. The Balaban J connectivity index is 2.65. The molecule has 0 saturated carbocycles. The number of methoxy groups -OCH3 is 1. The first-order valence-corrected chi connectivity index (χ1v) is 8.10. The number of esters is 1. The van der Waals surface area contributed by atoms with Gasteiger partial charge in [0.2, 0.25) is 0 Å². The number of carbonyl (C=O) groups is 2. The largest absolute Gasteiger partial charge is 0.481 e. The number of ether oxygens (including phenoxy) is 1. The SMILES string of the molecule is COC(=O)C1CCN(S(=O)(=O)NC(C)(C)CC(=O)O)CC1. The molecule has 2 N–H and O–H groups in total. The van der Waals surface area contributed by atoms with Crippen molar-refractivity contribution in [2.45, 2.75) is 38.6 Å². The van der Waals surface area contributed by atoms with E-state index >= 15 is 0 Å². The van der Waals surface area contributed by atoms with Gasteiger partial charge >= 0.3 is 11.9 Å². The van der Waals surface area contributed by atoms with Crippen LogP contribution in [0.25, 0.3) is 0 Å². The fraction of sp³-hybridized carbons (Fsp3) is 0.833. The minimum Gasteiger partial charge on any atom is -0.481 e. The molecule has 1 fully saturated rings. The van der Waals surface area contributed by atoms with Crippen molar-refractivity contribution in [3.63, 3.8) is 0 Å². The van der Waals surface area contributed by atoms with E-state index in [1.807, 2.05) is 0 Å². The minimum atomic E-state index is -3.77. The summed E-state index contributed by atoms with van der Waals surface area (Å²) < 4.78 is 32.7. The van der Waals surface area contributed by atoms with Crippen molar-refractivity contribution in [1.29, 1.82) is 0 Å². The topological polar surface area (TPSA) is 113 Å². The molecule has 0 bridgehead atoms. The van der Waals surface area contributed by atoms with Crippen molar-refractivity contribution in [2.75, 3.05) is 20.2 Å². The Morgan fingerprint density at radius 1 is 1.33 bits per heavy atom. The maximum absolute atomic E-state index is 12.2. The summed E-state index contributed by atoms with van der Waals surface area (Å²) >= 11 is 0. The van der Waals surface area contributed by atoms with Gasteiger partial charge in [-0.25, -0.2) is 0 Å². The number of carbonyl (C=O) groups excluding carboxylic acids is 1. The summed E-state index contributed by atoms with van der Waals surface area (Å²) in [5, 5.41) is 8.78. The zero-order chi connectivity index (χ0) is 16.3. The Kier molecular flexibility index (Phi) is 5.71. The molecule has 21 heavy (non-hydrogen) atoms. The molecule has 1 aliphatic rings. The number of hydrogen-bond acceptors (Lipinski definition) is 5. The molecule has 0 aromatic heterocycles. The maximum Gasteiger partial charge on any atom is 0.308 e. The lowest BCUT2D eigenvalue weighted by atomic mass is 9.99. The van der Waals surface area contributed by atoms with Gasteiger partial charge in [0.1, 0.15) is 0 Å². The highest BCUT2D eigenvalue weighted by Gasteiger charge is 2.35. The van der Waals surface area contributed by atoms with Gasteiger partial charge in [-0.2, -0.15) is 17.4 Å². The highest BCUT2D eigenvalue weighted by Crippen LogP contribution is 2.21. The predicted molar refractivity (Wildman–Crippen MR) is 74.7 cm³/mol. The summed E-state index contributed by atoms with van der Waals surface area (Å²) in [6.07, 6.45) is 0.477. The Bertz CT molecular complexity index is 494. The van der Waals surface area contributed by atoms with Gasteiger partial charge in [0.25, 0.3) is 10.2 Å². The first-order chi connectivity index (χ1) is 9.57. The van der Waals surface area contributed by atoms with Crippen LogP contribution in [0.15, 0.2) is 0 Å². The quantitative estimate of drug-likeness (QED) is 0.663. The monoisotopic (exact) mass is 322 g/mol. The zero-order valence-electron chi connectivity index (χ0n) is 12.5. The van der Waals surface area contributed by atoms with Crippen molar-refractivity contribution in [3.8, 4) is 0 Å². The summed E-state index contributed by atoms with van der Waals surface area (Å²) in [5.74, 6) is -1.69. The van der Waals surface area contributed by atoms with Crippen molar-refractivity contribution in [2.24, 2.45) is 5.92 Å². The van der Waals surface area contributed by atoms with Crippen molar-refractivity contribution < 1.29 is 27.9 Å². The van der Waals surface area contributed by atoms with E-state index in [4.69, 9.17) is 5.11 Å². The maximum atomic E-state index is 12.2. The van der Waals surface area contributed by atoms with E-state index in [-0.39, 0.29) is 31.4 Å². The third kappa shape index (κ3) is 5.25. The zero-order valence-corrected chi connectivity index (χ0v) is 13.3. The minimum absolute atomic E-state index is 0.207. The van der Waals surface area contributed by atoms with Crippen LogP contribution in [0.3, 0.4) is 0 Å². The van der Waals surface area contributed by atoms with Crippen LogP contribution >= 0.6 is 0 Å². The fourth-order valence-electron chi connectivity index (χ4n) is 2.33. The number of rotatable bonds is 6. The van der Waals surface area contributed by atoms with Crippen LogP contribution in [-0.4, -0.2) is 55.5 Å². The van der Waals surface area contributed by atoms with Crippen LogP contribution < -0.4 is 4.72 Å². The molecule has 0 unspecified atom stereocenters. The summed E-state index contributed by atoms with van der Waals surface area (Å²) in [6.45, 7) is 3.44. The molecule has 0 radical (unpaired) electrons. The van der Waals surface area contributed by atoms with Gasteiger partial charge in [0.05, 0.1) is 19.4 Å². The summed E-state index contributed by atoms with van der Waals surface area (Å²) in [4.78, 5) is 22.1. The first-order valence-electron chi connectivity index (χ1n) is 6.66. The van der Waals surface area contributed by atoms with Gasteiger partial charge in [-0.1, -0.05) is 0 Å². The van der Waals surface area contributed by atoms with E-state index in [2.05, 4.69) is 9.46 Å². The Hall–Kier alpha value is -1.19. The second-order valence-corrected chi connectivity index (χ2v) is 7.43. The van der Waals surface area contributed by atoms with Crippen LogP contribution in [0, 0.1) is 5.92 Å². The average Bonchev–Trinajstić information content (AvgIpc) is 2.35. The second kappa shape index (κ2) is 6.71. The van der Waals surface area contributed by atoms with Crippen LogP contribution in [0.5, 0.6) is 0 Å². The highest BCUT2D eigenvalue weighted by molar-refractivity contribution is 7.87. The third-order valence-electron chi connectivity index (χ3n) is 3.33. The van der Waals surface area contributed by atoms with E-state index in [1.165, 1.54) is 25.3 Å². The number of nitrogens with zero attached hydrogens (tertiary/aromatic N) is 1. The molecule has 1 saturated heterocycles. The van der Waals surface area contributed by atoms with Crippen LogP contribution in [0.2, 0.25) is 0 Å². The van der Waals surface area contributed by atoms with Gasteiger partial charge < -0.3 is 9.84 Å². The van der Waals surface area contributed by atoms with Gasteiger partial charge in [-0.15, -0.1) is 0 Å². The standard InChI is InChI=1S/C12H22N2O6S/c1-12(2,8-10(15)16)13-21(18,19)14-6-4-9(5-7-14)11(17)20-3/h9,13H,4-8H2,1-3H3,(H,15,16). The van der Waals surface area contributed by atoms with Crippen LogP contribution in [0.4, 0.5) is 0 Å². The molecule has 0 aromatic carbocycles. The molecule has 1 rings (SSSR count). The lowest BCUT2D eigenvalue weighted by Gasteiger charge is -2.33. The van der Waals surface area contributed by atoms with Gasteiger partial charge in [0.15, 0.2) is 0 Å². The van der Waals surface area contributed by atoms with Gasteiger partial charge in [0, 0.05) is 18.6 Å². The van der Waals surface area contributed by atoms with Gasteiger partial charge in [-0.05, 0) is 26.7 Å². The number of carboxylic acids is 1.